The average Bonchev–Trinajstić information content (AvgIpc) is 3.23. The van der Waals surface area contributed by atoms with Crippen molar-refractivity contribution in [3.05, 3.63) is 101 Å². The first kappa shape index (κ1) is 21.4. The number of rotatable bonds is 7. The Kier molecular flexibility index (Phi) is 6.35. The lowest BCUT2D eigenvalue weighted by molar-refractivity contribution is -0.124. The second kappa shape index (κ2) is 9.51. The van der Waals surface area contributed by atoms with Gasteiger partial charge >= 0.3 is 0 Å². The lowest BCUT2D eigenvalue weighted by Gasteiger charge is -2.18. The second-order valence-corrected chi connectivity index (χ2v) is 7.80. The lowest BCUT2D eigenvalue weighted by Crippen LogP contribution is -2.34. The predicted octanol–water partition coefficient (Wildman–Crippen LogP) is 4.20. The second-order valence-electron chi connectivity index (χ2n) is 7.80. The van der Waals surface area contributed by atoms with Gasteiger partial charge in [-0.25, -0.2) is 9.07 Å². The minimum Gasteiger partial charge on any atom is -0.350 e. The van der Waals surface area contributed by atoms with Gasteiger partial charge in [-0.1, -0.05) is 60.2 Å². The molecule has 0 saturated heterocycles. The number of aromatic nitrogens is 4. The van der Waals surface area contributed by atoms with E-state index in [2.05, 4.69) is 58.1 Å². The summed E-state index contributed by atoms with van der Waals surface area (Å²) in [5.74, 6) is 0.0150. The van der Waals surface area contributed by atoms with E-state index in [1.807, 2.05) is 18.2 Å². The van der Waals surface area contributed by atoms with Crippen molar-refractivity contribution in [3.63, 3.8) is 0 Å². The largest absolute Gasteiger partial charge is 0.350 e. The summed E-state index contributed by atoms with van der Waals surface area (Å²) in [6.45, 7) is 4.19. The van der Waals surface area contributed by atoms with Crippen molar-refractivity contribution < 1.29 is 9.18 Å². The average molecular weight is 429 g/mol. The van der Waals surface area contributed by atoms with Crippen LogP contribution in [0.5, 0.6) is 0 Å². The number of carbonyl (C=O) groups excluding carboxylic acids is 1. The molecule has 1 atom stereocenters. The zero-order valence-electron chi connectivity index (χ0n) is 18.0. The van der Waals surface area contributed by atoms with Gasteiger partial charge in [0.15, 0.2) is 0 Å². The molecular formula is C25H24FN5O. The first-order chi connectivity index (χ1) is 15.5. The van der Waals surface area contributed by atoms with Gasteiger partial charge in [-0.2, -0.15) is 0 Å². The van der Waals surface area contributed by atoms with Gasteiger partial charge in [-0.05, 0) is 64.7 Å². The molecule has 3 aromatic carbocycles. The van der Waals surface area contributed by atoms with E-state index < -0.39 is 6.04 Å². The molecule has 0 aliphatic carbocycles. The third-order valence-corrected chi connectivity index (χ3v) is 5.34. The van der Waals surface area contributed by atoms with Crippen LogP contribution in [0.1, 0.15) is 28.6 Å². The molecule has 1 aromatic heterocycles. The molecule has 4 rings (SSSR count). The van der Waals surface area contributed by atoms with E-state index in [9.17, 15) is 9.18 Å². The molecule has 0 bridgehead atoms. The Labute approximate surface area is 186 Å². The summed E-state index contributed by atoms with van der Waals surface area (Å²) in [6, 6.07) is 21.9. The van der Waals surface area contributed by atoms with Crippen LogP contribution in [0, 0.1) is 19.7 Å². The monoisotopic (exact) mass is 429 g/mol. The van der Waals surface area contributed by atoms with E-state index in [1.165, 1.54) is 22.4 Å². The van der Waals surface area contributed by atoms with Crippen molar-refractivity contribution in [3.8, 4) is 11.1 Å². The quantitative estimate of drug-likeness (QED) is 0.478. The van der Waals surface area contributed by atoms with Crippen molar-refractivity contribution in [2.24, 2.45) is 0 Å². The molecule has 1 N–H and O–H groups in total. The highest BCUT2D eigenvalue weighted by atomic mass is 19.1. The Hall–Kier alpha value is -3.87. The number of hydrogen-bond acceptors (Lipinski definition) is 4. The summed E-state index contributed by atoms with van der Waals surface area (Å²) in [5.41, 5.74) is 5.24. The Morgan fingerprint density at radius 3 is 2.38 bits per heavy atom. The standard InChI is InChI=1S/C25H24FN5O/c1-17-5-3-7-21(13-17)22-8-4-6-20(14-22)16-27-25(32)24(31-18(2)28-29-30-31)15-19-9-11-23(26)12-10-19/h3-14,24H,15-16H2,1-2H3,(H,27,32). The number of benzene rings is 3. The summed E-state index contributed by atoms with van der Waals surface area (Å²) in [7, 11) is 0. The molecule has 0 radical (unpaired) electrons. The highest BCUT2D eigenvalue weighted by Gasteiger charge is 2.24. The molecule has 0 aliphatic rings. The van der Waals surface area contributed by atoms with Crippen molar-refractivity contribution in [2.45, 2.75) is 32.9 Å². The van der Waals surface area contributed by atoms with Crippen molar-refractivity contribution in [1.29, 1.82) is 0 Å². The minimum atomic E-state index is -0.643. The molecule has 162 valence electrons. The van der Waals surface area contributed by atoms with Gasteiger partial charge in [0.2, 0.25) is 5.91 Å². The van der Waals surface area contributed by atoms with Gasteiger partial charge in [0.05, 0.1) is 0 Å². The number of halogens is 1. The molecular weight excluding hydrogens is 405 g/mol. The molecule has 1 heterocycles. The molecule has 0 spiro atoms. The fourth-order valence-electron chi connectivity index (χ4n) is 3.65. The van der Waals surface area contributed by atoms with Crippen LogP contribution in [0.2, 0.25) is 0 Å². The first-order valence-corrected chi connectivity index (χ1v) is 10.4. The molecule has 6 nitrogen and oxygen atoms in total. The molecule has 4 aromatic rings. The molecule has 1 unspecified atom stereocenters. The number of carbonyl (C=O) groups is 1. The zero-order valence-corrected chi connectivity index (χ0v) is 18.0. The highest BCUT2D eigenvalue weighted by molar-refractivity contribution is 5.80. The fourth-order valence-corrected chi connectivity index (χ4v) is 3.65. The Morgan fingerprint density at radius 2 is 1.69 bits per heavy atom. The Balaban J connectivity index is 1.51. The van der Waals surface area contributed by atoms with E-state index >= 15 is 0 Å². The topological polar surface area (TPSA) is 72.7 Å². The maximum Gasteiger partial charge on any atom is 0.245 e. The number of hydrogen-bond donors (Lipinski definition) is 1. The smallest absolute Gasteiger partial charge is 0.245 e. The zero-order chi connectivity index (χ0) is 22.5. The molecule has 32 heavy (non-hydrogen) atoms. The summed E-state index contributed by atoms with van der Waals surface area (Å²) in [5, 5.41) is 14.6. The van der Waals surface area contributed by atoms with Crippen LogP contribution >= 0.6 is 0 Å². The van der Waals surface area contributed by atoms with Crippen molar-refractivity contribution >= 4 is 5.91 Å². The molecule has 0 fully saturated rings. The Bertz CT molecular complexity index is 1220. The normalized spacial score (nSPS) is 11.8. The van der Waals surface area contributed by atoms with Gasteiger partial charge in [0, 0.05) is 13.0 Å². The predicted molar refractivity (Wildman–Crippen MR) is 120 cm³/mol. The summed E-state index contributed by atoms with van der Waals surface area (Å²) < 4.78 is 14.8. The SMILES string of the molecule is Cc1cccc(-c2cccc(CNC(=O)C(Cc3ccc(F)cc3)n3nnnc3C)c2)c1. The number of nitrogens with one attached hydrogen (secondary N) is 1. The lowest BCUT2D eigenvalue weighted by atomic mass is 10.0. The number of amides is 1. The first-order valence-electron chi connectivity index (χ1n) is 10.4. The van der Waals surface area contributed by atoms with Crippen LogP contribution in [0.3, 0.4) is 0 Å². The third kappa shape index (κ3) is 5.06. The Morgan fingerprint density at radius 1 is 0.969 bits per heavy atom. The maximum absolute atomic E-state index is 13.3. The molecule has 0 saturated carbocycles. The van der Waals surface area contributed by atoms with Gasteiger partial charge in [0.25, 0.3) is 0 Å². The van der Waals surface area contributed by atoms with E-state index in [1.54, 1.807) is 19.1 Å². The van der Waals surface area contributed by atoms with Gasteiger partial charge < -0.3 is 5.32 Å². The summed E-state index contributed by atoms with van der Waals surface area (Å²) in [6.07, 6.45) is 0.349. The molecule has 7 heteroatoms. The highest BCUT2D eigenvalue weighted by Crippen LogP contribution is 2.22. The summed E-state index contributed by atoms with van der Waals surface area (Å²) >= 11 is 0. The van der Waals surface area contributed by atoms with E-state index in [-0.39, 0.29) is 11.7 Å². The maximum atomic E-state index is 13.3. The number of aryl methyl sites for hydroxylation is 2. The van der Waals surface area contributed by atoms with Gasteiger partial charge in [-0.3, -0.25) is 4.79 Å². The van der Waals surface area contributed by atoms with Crippen LogP contribution < -0.4 is 5.32 Å². The van der Waals surface area contributed by atoms with Crippen LogP contribution in [0.4, 0.5) is 4.39 Å². The summed E-state index contributed by atoms with van der Waals surface area (Å²) in [4.78, 5) is 13.1. The number of tetrazole rings is 1. The van der Waals surface area contributed by atoms with E-state index in [0.717, 1.165) is 22.3 Å². The van der Waals surface area contributed by atoms with Crippen LogP contribution in [-0.4, -0.2) is 26.1 Å². The van der Waals surface area contributed by atoms with E-state index in [4.69, 9.17) is 0 Å². The van der Waals surface area contributed by atoms with Gasteiger partial charge in [0.1, 0.15) is 17.7 Å². The van der Waals surface area contributed by atoms with Crippen LogP contribution in [-0.2, 0) is 17.8 Å². The minimum absolute atomic E-state index is 0.203. The van der Waals surface area contributed by atoms with Crippen molar-refractivity contribution in [2.75, 3.05) is 0 Å². The van der Waals surface area contributed by atoms with Gasteiger partial charge in [-0.15, -0.1) is 5.10 Å². The van der Waals surface area contributed by atoms with Crippen molar-refractivity contribution in [1.82, 2.24) is 25.5 Å². The molecule has 0 aliphatic heterocycles. The van der Waals surface area contributed by atoms with Crippen LogP contribution in [0.15, 0.2) is 72.8 Å². The number of nitrogens with zero attached hydrogens (tertiary/aromatic N) is 4. The van der Waals surface area contributed by atoms with E-state index in [0.29, 0.717) is 18.8 Å². The molecule has 1 amide bonds. The fraction of sp³-hybridized carbons (Fsp3) is 0.200. The third-order valence-electron chi connectivity index (χ3n) is 5.34. The van der Waals surface area contributed by atoms with Crippen LogP contribution in [0.25, 0.3) is 11.1 Å².